The zero-order valence-electron chi connectivity index (χ0n) is 16.3. The molecule has 3 fully saturated rings. The number of amides is 2. The van der Waals surface area contributed by atoms with E-state index in [1.54, 1.807) is 6.07 Å². The second-order valence-electron chi connectivity index (χ2n) is 8.37. The van der Waals surface area contributed by atoms with Crippen molar-refractivity contribution in [1.82, 2.24) is 15.8 Å². The molecule has 3 unspecified atom stereocenters. The van der Waals surface area contributed by atoms with Gasteiger partial charge in [0.1, 0.15) is 6.04 Å². The Morgan fingerprint density at radius 3 is 2.61 bits per heavy atom. The van der Waals surface area contributed by atoms with Crippen molar-refractivity contribution in [3.05, 3.63) is 28.8 Å². The topological polar surface area (TPSA) is 73.5 Å². The van der Waals surface area contributed by atoms with Crippen LogP contribution in [-0.2, 0) is 9.59 Å². The molecule has 1 aromatic carbocycles. The third-order valence-corrected chi connectivity index (χ3v) is 6.96. The van der Waals surface area contributed by atoms with E-state index in [-0.39, 0.29) is 23.8 Å². The molecule has 0 bridgehead atoms. The molecule has 3 N–H and O–H groups in total. The van der Waals surface area contributed by atoms with Gasteiger partial charge in [0.25, 0.3) is 0 Å². The fourth-order valence-corrected chi connectivity index (χ4v) is 4.94. The number of carbonyl (C=O) groups excluding carboxylic acids is 2. The van der Waals surface area contributed by atoms with E-state index >= 15 is 0 Å². The van der Waals surface area contributed by atoms with E-state index in [0.717, 1.165) is 24.1 Å². The third-order valence-electron chi connectivity index (χ3n) is 6.55. The molecule has 1 aliphatic carbocycles. The van der Waals surface area contributed by atoms with Crippen LogP contribution in [0.5, 0.6) is 0 Å². The second kappa shape index (κ2) is 8.39. The average molecular weight is 405 g/mol. The number of hydrogen-bond acceptors (Lipinski definition) is 4. The molecule has 2 saturated heterocycles. The number of benzene rings is 1. The molecule has 3 aliphatic rings. The van der Waals surface area contributed by atoms with Gasteiger partial charge >= 0.3 is 0 Å². The van der Waals surface area contributed by atoms with Gasteiger partial charge in [-0.05, 0) is 50.3 Å². The van der Waals surface area contributed by atoms with Crippen molar-refractivity contribution in [2.24, 2.45) is 11.8 Å². The molecular weight excluding hydrogens is 376 g/mol. The predicted molar refractivity (Wildman–Crippen MR) is 110 cm³/mol. The number of piperidine rings is 1. The molecule has 28 heavy (non-hydrogen) atoms. The Hall–Kier alpha value is -1.63. The van der Waals surface area contributed by atoms with Crippen molar-refractivity contribution >= 4 is 29.1 Å². The normalized spacial score (nSPS) is 28.1. The number of fused-ring (bicyclic) bond motifs is 1. The minimum Gasteiger partial charge on any atom is -0.341 e. The van der Waals surface area contributed by atoms with E-state index in [1.165, 1.54) is 12.8 Å². The number of carbonyl (C=O) groups is 2. The maximum Gasteiger partial charge on any atom is 0.241 e. The molecular formula is C21H29ClN4O2. The molecule has 0 spiro atoms. The van der Waals surface area contributed by atoms with Gasteiger partial charge in [0, 0.05) is 41.7 Å². The highest BCUT2D eigenvalue weighted by molar-refractivity contribution is 6.31. The number of hydrazine groups is 1. The quantitative estimate of drug-likeness (QED) is 0.724. The fraction of sp³-hybridized carbons (Fsp3) is 0.619. The Balaban J connectivity index is 1.29. The van der Waals surface area contributed by atoms with Gasteiger partial charge in [0.05, 0.1) is 0 Å². The monoisotopic (exact) mass is 404 g/mol. The number of halogens is 1. The predicted octanol–water partition coefficient (Wildman–Crippen LogP) is 2.86. The Kier molecular flexibility index (Phi) is 5.90. The summed E-state index contributed by atoms with van der Waals surface area (Å²) >= 11 is 6.14. The van der Waals surface area contributed by atoms with Crippen molar-refractivity contribution < 1.29 is 9.59 Å². The van der Waals surface area contributed by atoms with Crippen LogP contribution < -0.4 is 16.2 Å². The molecule has 3 atom stereocenters. The molecule has 2 heterocycles. The summed E-state index contributed by atoms with van der Waals surface area (Å²) in [5.41, 5.74) is 8.27. The maximum absolute atomic E-state index is 13.0. The lowest BCUT2D eigenvalue weighted by Gasteiger charge is -2.35. The van der Waals surface area contributed by atoms with Crippen LogP contribution in [0.3, 0.4) is 0 Å². The number of rotatable bonds is 3. The first-order valence-electron chi connectivity index (χ1n) is 10.4. The molecule has 0 aromatic heterocycles. The second-order valence-corrected chi connectivity index (χ2v) is 8.78. The summed E-state index contributed by atoms with van der Waals surface area (Å²) in [5.74, 6) is 0.529. The SMILES string of the molecule is Cc1ccc(NC(=O)C2CCN(C(=O)C3NNC4CCCCC43)CC2)cc1Cl. The van der Waals surface area contributed by atoms with Crippen molar-refractivity contribution in [3.8, 4) is 0 Å². The number of nitrogens with zero attached hydrogens (tertiary/aromatic N) is 1. The number of hydrogen-bond donors (Lipinski definition) is 3. The van der Waals surface area contributed by atoms with Crippen molar-refractivity contribution in [2.45, 2.75) is 57.5 Å². The maximum atomic E-state index is 13.0. The first kappa shape index (κ1) is 19.7. The van der Waals surface area contributed by atoms with E-state index in [2.05, 4.69) is 16.2 Å². The number of nitrogens with one attached hydrogen (secondary N) is 3. The summed E-state index contributed by atoms with van der Waals surface area (Å²) in [4.78, 5) is 27.5. The first-order valence-corrected chi connectivity index (χ1v) is 10.8. The van der Waals surface area contributed by atoms with Crippen LogP contribution in [0.2, 0.25) is 5.02 Å². The molecule has 1 aromatic rings. The van der Waals surface area contributed by atoms with Crippen LogP contribution in [0, 0.1) is 18.8 Å². The molecule has 6 nitrogen and oxygen atoms in total. The minimum atomic E-state index is -0.120. The largest absolute Gasteiger partial charge is 0.341 e. The Labute approximate surface area is 171 Å². The van der Waals surface area contributed by atoms with Gasteiger partial charge in [0.2, 0.25) is 11.8 Å². The van der Waals surface area contributed by atoms with Gasteiger partial charge in [0.15, 0.2) is 0 Å². The highest BCUT2D eigenvalue weighted by Crippen LogP contribution is 2.31. The number of anilines is 1. The standard InChI is InChI=1S/C21H29ClN4O2/c1-13-6-7-15(12-17(13)22)23-20(27)14-8-10-26(11-9-14)21(28)19-16-4-2-3-5-18(16)24-25-19/h6-7,12,14,16,18-19,24-25H,2-5,8-11H2,1H3,(H,23,27). The molecule has 7 heteroatoms. The third kappa shape index (κ3) is 4.04. The Bertz CT molecular complexity index is 748. The first-order chi connectivity index (χ1) is 13.5. The lowest BCUT2D eigenvalue weighted by Crippen LogP contribution is -2.51. The van der Waals surface area contributed by atoms with Gasteiger partial charge in [-0.2, -0.15) is 0 Å². The van der Waals surface area contributed by atoms with Crippen LogP contribution in [0.1, 0.15) is 44.1 Å². The zero-order chi connectivity index (χ0) is 19.7. The van der Waals surface area contributed by atoms with Gasteiger partial charge < -0.3 is 10.2 Å². The highest BCUT2D eigenvalue weighted by atomic mass is 35.5. The van der Waals surface area contributed by atoms with Crippen LogP contribution in [0.25, 0.3) is 0 Å². The summed E-state index contributed by atoms with van der Waals surface area (Å²) < 4.78 is 0. The highest BCUT2D eigenvalue weighted by Gasteiger charge is 2.43. The molecule has 2 amide bonds. The van der Waals surface area contributed by atoms with Gasteiger partial charge in [-0.15, -0.1) is 0 Å². The lowest BCUT2D eigenvalue weighted by molar-refractivity contribution is -0.137. The van der Waals surface area contributed by atoms with E-state index in [0.29, 0.717) is 42.9 Å². The fourth-order valence-electron chi connectivity index (χ4n) is 4.76. The summed E-state index contributed by atoms with van der Waals surface area (Å²) in [6, 6.07) is 5.86. The lowest BCUT2D eigenvalue weighted by atomic mass is 9.81. The van der Waals surface area contributed by atoms with Crippen molar-refractivity contribution in [3.63, 3.8) is 0 Å². The van der Waals surface area contributed by atoms with Crippen LogP contribution in [0.15, 0.2) is 18.2 Å². The minimum absolute atomic E-state index is 0.0139. The number of aryl methyl sites for hydroxylation is 1. The summed E-state index contributed by atoms with van der Waals surface area (Å²) in [7, 11) is 0. The Morgan fingerprint density at radius 1 is 1.11 bits per heavy atom. The van der Waals surface area contributed by atoms with Gasteiger partial charge in [-0.25, -0.2) is 5.43 Å². The summed E-state index contributed by atoms with van der Waals surface area (Å²) in [5, 5.41) is 3.62. The molecule has 4 rings (SSSR count). The molecule has 2 aliphatic heterocycles. The van der Waals surface area contributed by atoms with Crippen LogP contribution in [0.4, 0.5) is 5.69 Å². The van der Waals surface area contributed by atoms with E-state index in [4.69, 9.17) is 11.6 Å². The molecule has 152 valence electrons. The van der Waals surface area contributed by atoms with Crippen LogP contribution >= 0.6 is 11.6 Å². The van der Waals surface area contributed by atoms with Gasteiger partial charge in [-0.3, -0.25) is 15.0 Å². The van der Waals surface area contributed by atoms with E-state index in [1.807, 2.05) is 24.0 Å². The Morgan fingerprint density at radius 2 is 1.86 bits per heavy atom. The molecule has 0 radical (unpaired) electrons. The van der Waals surface area contributed by atoms with Crippen molar-refractivity contribution in [1.29, 1.82) is 0 Å². The smallest absolute Gasteiger partial charge is 0.241 e. The summed E-state index contributed by atoms with van der Waals surface area (Å²) in [6.45, 7) is 3.22. The van der Waals surface area contributed by atoms with Crippen LogP contribution in [-0.4, -0.2) is 41.9 Å². The zero-order valence-corrected chi connectivity index (χ0v) is 17.1. The number of likely N-dealkylation sites (tertiary alicyclic amines) is 1. The van der Waals surface area contributed by atoms with E-state index in [9.17, 15) is 9.59 Å². The summed E-state index contributed by atoms with van der Waals surface area (Å²) in [6.07, 6.45) is 6.10. The molecule has 1 saturated carbocycles. The average Bonchev–Trinajstić information content (AvgIpc) is 3.14. The van der Waals surface area contributed by atoms with Gasteiger partial charge in [-0.1, -0.05) is 30.5 Å². The van der Waals surface area contributed by atoms with Crippen molar-refractivity contribution in [2.75, 3.05) is 18.4 Å². The van der Waals surface area contributed by atoms with E-state index < -0.39 is 0 Å².